The minimum Gasteiger partial charge on any atom is -0.394 e. The molecule has 4 rings (SSSR count). The lowest BCUT2D eigenvalue weighted by molar-refractivity contribution is -0.154. The predicted molar refractivity (Wildman–Crippen MR) is 160 cm³/mol. The van der Waals surface area contributed by atoms with Gasteiger partial charge in [-0.15, -0.1) is 13.2 Å². The van der Waals surface area contributed by atoms with Gasteiger partial charge in [0.2, 0.25) is 11.8 Å². The number of ether oxygens (including phenoxy) is 1. The normalized spacial score (nSPS) is 31.5. The van der Waals surface area contributed by atoms with Crippen LogP contribution in [0.5, 0.6) is 0 Å². The molecule has 3 aliphatic heterocycles. The summed E-state index contributed by atoms with van der Waals surface area (Å²) in [5.41, 5.74) is 0.529. The van der Waals surface area contributed by atoms with Crippen LogP contribution in [0.15, 0.2) is 43.5 Å². The second kappa shape index (κ2) is 11.4. The molecule has 3 aliphatic rings. The number of nitrogens with zero attached hydrogens (tertiary/aromatic N) is 3. The SMILES string of the molecule is C=CCN(C)C(=O)[C@@H]1[C@H]2C(=O)N([C@@H](CO)[C@@H](C)CC)C(C(=O)N(CC=C)c3c(C)cccc3C)C23CC(C)[C@@]1(C)O3. The lowest BCUT2D eigenvalue weighted by Gasteiger charge is -2.41. The second-order valence-electron chi connectivity index (χ2n) is 12.6. The van der Waals surface area contributed by atoms with E-state index in [0.717, 1.165) is 16.8 Å². The number of likely N-dealkylation sites (tertiary alicyclic amines) is 1. The van der Waals surface area contributed by atoms with E-state index >= 15 is 0 Å². The number of aliphatic hydroxyl groups excluding tert-OH is 1. The van der Waals surface area contributed by atoms with Gasteiger partial charge >= 0.3 is 0 Å². The van der Waals surface area contributed by atoms with E-state index in [0.29, 0.717) is 19.4 Å². The Hall–Kier alpha value is -2.97. The number of carbonyl (C=O) groups is 3. The highest BCUT2D eigenvalue weighted by Crippen LogP contribution is 2.66. The topological polar surface area (TPSA) is 90.4 Å². The van der Waals surface area contributed by atoms with Crippen LogP contribution in [0.25, 0.3) is 0 Å². The average molecular weight is 566 g/mol. The van der Waals surface area contributed by atoms with Crippen LogP contribution in [-0.4, -0.2) is 82.7 Å². The number of rotatable bonds is 11. The Kier molecular flexibility index (Phi) is 8.59. The van der Waals surface area contributed by atoms with Crippen molar-refractivity contribution in [2.75, 3.05) is 31.6 Å². The number of hydrogen-bond donors (Lipinski definition) is 1. The zero-order valence-electron chi connectivity index (χ0n) is 25.7. The molecule has 224 valence electrons. The number of carbonyl (C=O) groups excluding carboxylic acids is 3. The van der Waals surface area contributed by atoms with Gasteiger partial charge in [-0.3, -0.25) is 14.4 Å². The molecule has 3 amide bonds. The largest absolute Gasteiger partial charge is 0.394 e. The van der Waals surface area contributed by atoms with Crippen LogP contribution in [0.4, 0.5) is 5.69 Å². The van der Waals surface area contributed by atoms with Crippen molar-refractivity contribution in [3.05, 3.63) is 54.6 Å². The van der Waals surface area contributed by atoms with Crippen LogP contribution in [0.1, 0.15) is 51.7 Å². The molecule has 3 heterocycles. The highest BCUT2D eigenvalue weighted by Gasteiger charge is 2.80. The van der Waals surface area contributed by atoms with Crippen molar-refractivity contribution < 1.29 is 24.2 Å². The highest BCUT2D eigenvalue weighted by atomic mass is 16.5. The van der Waals surface area contributed by atoms with Crippen LogP contribution in [0, 0.1) is 37.5 Å². The van der Waals surface area contributed by atoms with E-state index < -0.39 is 35.1 Å². The number of hydrogen-bond acceptors (Lipinski definition) is 5. The first-order valence-electron chi connectivity index (χ1n) is 14.8. The molecule has 1 aromatic carbocycles. The van der Waals surface area contributed by atoms with E-state index in [9.17, 15) is 19.5 Å². The Labute approximate surface area is 245 Å². The lowest BCUT2D eigenvalue weighted by atomic mass is 9.62. The Morgan fingerprint density at radius 2 is 1.80 bits per heavy atom. The number of likely N-dealkylation sites (N-methyl/N-ethyl adjacent to an activating group) is 1. The number of aliphatic hydroxyl groups is 1. The van der Waals surface area contributed by atoms with Gasteiger partial charge < -0.3 is 24.5 Å². The Bertz CT molecular complexity index is 1210. The van der Waals surface area contributed by atoms with E-state index in [-0.39, 0.29) is 42.7 Å². The summed E-state index contributed by atoms with van der Waals surface area (Å²) in [6.07, 6.45) is 4.52. The molecule has 3 saturated heterocycles. The van der Waals surface area contributed by atoms with Crippen molar-refractivity contribution in [2.45, 2.75) is 77.7 Å². The highest BCUT2D eigenvalue weighted by molar-refractivity contribution is 6.06. The first-order valence-corrected chi connectivity index (χ1v) is 14.8. The molecule has 3 unspecified atom stereocenters. The summed E-state index contributed by atoms with van der Waals surface area (Å²) < 4.78 is 6.92. The maximum atomic E-state index is 15.0. The summed E-state index contributed by atoms with van der Waals surface area (Å²) in [6.45, 7) is 19.9. The van der Waals surface area contributed by atoms with E-state index in [1.54, 1.807) is 33.9 Å². The zero-order valence-corrected chi connectivity index (χ0v) is 25.7. The summed E-state index contributed by atoms with van der Waals surface area (Å²) in [6, 6.07) is 4.28. The van der Waals surface area contributed by atoms with Crippen molar-refractivity contribution in [1.29, 1.82) is 0 Å². The van der Waals surface area contributed by atoms with Gasteiger partial charge in [0.05, 0.1) is 30.1 Å². The van der Waals surface area contributed by atoms with Crippen LogP contribution in [-0.2, 0) is 19.1 Å². The predicted octanol–water partition coefficient (Wildman–Crippen LogP) is 3.88. The zero-order chi connectivity index (χ0) is 30.4. The molecule has 41 heavy (non-hydrogen) atoms. The Balaban J connectivity index is 1.94. The first-order chi connectivity index (χ1) is 19.4. The smallest absolute Gasteiger partial charge is 0.253 e. The third-order valence-electron chi connectivity index (χ3n) is 10.2. The van der Waals surface area contributed by atoms with Gasteiger partial charge in [-0.2, -0.15) is 0 Å². The summed E-state index contributed by atoms with van der Waals surface area (Å²) in [4.78, 5) is 48.5. The van der Waals surface area contributed by atoms with Crippen molar-refractivity contribution in [2.24, 2.45) is 23.7 Å². The molecule has 0 aromatic heterocycles. The van der Waals surface area contributed by atoms with Gasteiger partial charge in [-0.05, 0) is 50.2 Å². The Morgan fingerprint density at radius 3 is 2.34 bits per heavy atom. The molecule has 8 atom stereocenters. The number of para-hydroxylation sites is 1. The Morgan fingerprint density at radius 1 is 1.20 bits per heavy atom. The number of aryl methyl sites for hydroxylation is 2. The van der Waals surface area contributed by atoms with Crippen LogP contribution < -0.4 is 4.90 Å². The fraction of sp³-hybridized carbons (Fsp3) is 0.606. The van der Waals surface area contributed by atoms with Gasteiger partial charge in [-0.1, -0.05) is 57.5 Å². The molecular formula is C33H47N3O5. The third kappa shape index (κ3) is 4.54. The fourth-order valence-corrected chi connectivity index (χ4v) is 7.82. The third-order valence-corrected chi connectivity index (χ3v) is 10.2. The maximum absolute atomic E-state index is 15.0. The molecule has 3 fully saturated rings. The van der Waals surface area contributed by atoms with E-state index in [1.165, 1.54) is 0 Å². The number of benzene rings is 1. The van der Waals surface area contributed by atoms with Gasteiger partial charge in [0.25, 0.3) is 5.91 Å². The van der Waals surface area contributed by atoms with E-state index in [2.05, 4.69) is 13.2 Å². The van der Waals surface area contributed by atoms with Gasteiger partial charge in [0.1, 0.15) is 11.6 Å². The number of amides is 3. The standard InChI is InChI=1S/C33H47N3O5/c1-10-16-34(9)29(38)25-26-30(39)36(24(19-37)20(4)12-3)28(33(26)18-23(7)32(25,8)41-33)31(40)35(17-11-2)27-21(5)14-13-15-22(27)6/h10-11,13-15,20,23-26,28,37H,1-2,12,16-19H2,3-9H3/t20-,23?,24-,25-,26-,28?,32+,33?/m0/s1. The van der Waals surface area contributed by atoms with Crippen molar-refractivity contribution in [3.63, 3.8) is 0 Å². The van der Waals surface area contributed by atoms with Gasteiger partial charge in [-0.25, -0.2) is 0 Å². The molecule has 8 nitrogen and oxygen atoms in total. The number of fused-ring (bicyclic) bond motifs is 1. The molecular weight excluding hydrogens is 518 g/mol. The molecule has 0 aliphatic carbocycles. The van der Waals surface area contributed by atoms with Gasteiger partial charge in [0, 0.05) is 25.8 Å². The van der Waals surface area contributed by atoms with Crippen LogP contribution in [0.3, 0.4) is 0 Å². The van der Waals surface area contributed by atoms with Crippen LogP contribution in [0.2, 0.25) is 0 Å². The lowest BCUT2D eigenvalue weighted by Crippen LogP contribution is -2.60. The summed E-state index contributed by atoms with van der Waals surface area (Å²) in [7, 11) is 1.71. The molecule has 1 aromatic rings. The molecule has 2 bridgehead atoms. The molecule has 1 N–H and O–H groups in total. The summed E-state index contributed by atoms with van der Waals surface area (Å²) in [5, 5.41) is 10.7. The average Bonchev–Trinajstić information content (AvgIpc) is 3.44. The molecule has 1 spiro atoms. The summed E-state index contributed by atoms with van der Waals surface area (Å²) in [5.74, 6) is -2.49. The van der Waals surface area contributed by atoms with E-state index in [4.69, 9.17) is 4.74 Å². The van der Waals surface area contributed by atoms with Gasteiger partial charge in [0.15, 0.2) is 0 Å². The molecule has 0 saturated carbocycles. The second-order valence-corrected chi connectivity index (χ2v) is 12.6. The van der Waals surface area contributed by atoms with E-state index in [1.807, 2.05) is 59.7 Å². The van der Waals surface area contributed by atoms with Crippen LogP contribution >= 0.6 is 0 Å². The van der Waals surface area contributed by atoms with Crippen molar-refractivity contribution >= 4 is 23.4 Å². The molecule has 8 heteroatoms. The monoisotopic (exact) mass is 565 g/mol. The summed E-state index contributed by atoms with van der Waals surface area (Å²) >= 11 is 0. The fourth-order valence-electron chi connectivity index (χ4n) is 7.82. The quantitative estimate of drug-likeness (QED) is 0.412. The maximum Gasteiger partial charge on any atom is 0.253 e. The van der Waals surface area contributed by atoms with Crippen molar-refractivity contribution in [1.82, 2.24) is 9.80 Å². The minimum atomic E-state index is -1.20. The number of anilines is 1. The minimum absolute atomic E-state index is 0.0721. The first kappa shape index (κ1) is 31.0. The molecule has 0 radical (unpaired) electrons. The van der Waals surface area contributed by atoms with Crippen molar-refractivity contribution in [3.8, 4) is 0 Å².